The van der Waals surface area contributed by atoms with Crippen molar-refractivity contribution in [1.29, 1.82) is 5.26 Å². The van der Waals surface area contributed by atoms with Crippen LogP contribution in [0.1, 0.15) is 5.56 Å². The molecule has 136 valence electrons. The van der Waals surface area contributed by atoms with Crippen LogP contribution in [-0.2, 0) is 0 Å². The van der Waals surface area contributed by atoms with Crippen LogP contribution in [0.5, 0.6) is 5.88 Å². The first-order valence-electron chi connectivity index (χ1n) is 8.34. The van der Waals surface area contributed by atoms with E-state index in [1.165, 1.54) is 19.2 Å². The Morgan fingerprint density at radius 3 is 2.79 bits per heavy atom. The Morgan fingerprint density at radius 1 is 1.14 bits per heavy atom. The first-order chi connectivity index (χ1) is 13.6. The molecule has 1 N–H and O–H groups in total. The van der Waals surface area contributed by atoms with Crippen LogP contribution >= 0.6 is 0 Å². The van der Waals surface area contributed by atoms with Crippen molar-refractivity contribution in [3.63, 3.8) is 0 Å². The molecule has 0 saturated carbocycles. The molecule has 0 radical (unpaired) electrons. The highest BCUT2D eigenvalue weighted by atomic mass is 19.1. The van der Waals surface area contributed by atoms with Crippen LogP contribution in [0.3, 0.4) is 0 Å². The van der Waals surface area contributed by atoms with Crippen LogP contribution in [-0.4, -0.2) is 22.1 Å². The largest absolute Gasteiger partial charge is 0.481 e. The monoisotopic (exact) mass is 372 g/mol. The smallest absolute Gasteiger partial charge is 0.249 e. The van der Waals surface area contributed by atoms with Gasteiger partial charge in [-0.3, -0.25) is 4.79 Å². The maximum Gasteiger partial charge on any atom is 0.249 e. The van der Waals surface area contributed by atoms with Gasteiger partial charge >= 0.3 is 0 Å². The van der Waals surface area contributed by atoms with E-state index < -0.39 is 5.82 Å². The van der Waals surface area contributed by atoms with Crippen LogP contribution in [0.25, 0.3) is 33.4 Å². The first kappa shape index (κ1) is 17.4. The summed E-state index contributed by atoms with van der Waals surface area (Å²) < 4.78 is 20.1. The van der Waals surface area contributed by atoms with Crippen LogP contribution < -0.4 is 10.3 Å². The number of nitrogens with one attached hydrogen (secondary N) is 1. The zero-order valence-corrected chi connectivity index (χ0v) is 14.7. The lowest BCUT2D eigenvalue weighted by Gasteiger charge is -2.13. The normalized spacial score (nSPS) is 10.6. The molecule has 0 saturated heterocycles. The number of hydrogen-bond acceptors (Lipinski definition) is 5. The van der Waals surface area contributed by atoms with Gasteiger partial charge in [-0.15, -0.1) is 0 Å². The molecule has 4 rings (SSSR count). The molecule has 3 aromatic heterocycles. The Morgan fingerprint density at radius 2 is 2.00 bits per heavy atom. The van der Waals surface area contributed by atoms with Crippen molar-refractivity contribution in [3.05, 3.63) is 76.5 Å². The molecular formula is C21H13FN4O2. The Bertz CT molecular complexity index is 1310. The average molecular weight is 372 g/mol. The van der Waals surface area contributed by atoms with E-state index in [-0.39, 0.29) is 16.7 Å². The standard InChI is InChI=1S/C21H13FN4O2/c1-28-18-10-12(7-8-24-18)16-9-13-5-6-17(27)25-21(13)26-20(16)15-4-2-3-14(11-23)19(15)22/h2-10H,1H3,(H,25,26,27). The van der Waals surface area contributed by atoms with Crippen molar-refractivity contribution in [2.75, 3.05) is 7.11 Å². The van der Waals surface area contributed by atoms with E-state index in [1.807, 2.05) is 6.07 Å². The fourth-order valence-electron chi connectivity index (χ4n) is 2.99. The predicted octanol–water partition coefficient (Wildman–Crippen LogP) is 3.67. The van der Waals surface area contributed by atoms with Gasteiger partial charge in [-0.25, -0.2) is 14.4 Å². The highest BCUT2D eigenvalue weighted by Gasteiger charge is 2.18. The molecule has 28 heavy (non-hydrogen) atoms. The quantitative estimate of drug-likeness (QED) is 0.592. The average Bonchev–Trinajstić information content (AvgIpc) is 2.73. The fourth-order valence-corrected chi connectivity index (χ4v) is 2.99. The molecule has 0 unspecified atom stereocenters. The summed E-state index contributed by atoms with van der Waals surface area (Å²) in [5.74, 6) is -0.270. The number of aromatic nitrogens is 3. The summed E-state index contributed by atoms with van der Waals surface area (Å²) in [5, 5.41) is 9.86. The number of pyridine rings is 3. The van der Waals surface area contributed by atoms with Gasteiger partial charge in [0.25, 0.3) is 0 Å². The first-order valence-corrected chi connectivity index (χ1v) is 8.34. The summed E-state index contributed by atoms with van der Waals surface area (Å²) in [6.45, 7) is 0. The molecule has 0 fully saturated rings. The SMILES string of the molecule is COc1cc(-c2cc3ccc(=O)[nH]c3nc2-c2cccc(C#N)c2F)ccn1. The molecule has 1 aromatic carbocycles. The van der Waals surface area contributed by atoms with E-state index in [2.05, 4.69) is 15.0 Å². The highest BCUT2D eigenvalue weighted by Crippen LogP contribution is 2.35. The molecule has 6 nitrogen and oxygen atoms in total. The number of methoxy groups -OCH3 is 1. The van der Waals surface area contributed by atoms with E-state index in [0.717, 1.165) is 0 Å². The molecule has 0 atom stereocenters. The number of hydrogen-bond donors (Lipinski definition) is 1. The van der Waals surface area contributed by atoms with Crippen molar-refractivity contribution in [2.24, 2.45) is 0 Å². The van der Waals surface area contributed by atoms with Crippen LogP contribution in [0.15, 0.2) is 59.5 Å². The van der Waals surface area contributed by atoms with Crippen molar-refractivity contribution in [3.8, 4) is 34.3 Å². The Balaban J connectivity index is 2.08. The van der Waals surface area contributed by atoms with Crippen LogP contribution in [0.2, 0.25) is 0 Å². The van der Waals surface area contributed by atoms with Crippen LogP contribution in [0.4, 0.5) is 4.39 Å². The van der Waals surface area contributed by atoms with Gasteiger partial charge in [0.15, 0.2) is 0 Å². The fraction of sp³-hybridized carbons (Fsp3) is 0.0476. The highest BCUT2D eigenvalue weighted by molar-refractivity contribution is 5.90. The second-order valence-corrected chi connectivity index (χ2v) is 6.01. The molecule has 0 aliphatic heterocycles. The molecule has 7 heteroatoms. The summed E-state index contributed by atoms with van der Waals surface area (Å²) in [6.07, 6.45) is 1.58. The number of ether oxygens (including phenoxy) is 1. The third-order valence-corrected chi connectivity index (χ3v) is 4.34. The lowest BCUT2D eigenvalue weighted by atomic mass is 9.97. The molecule has 0 amide bonds. The minimum Gasteiger partial charge on any atom is -0.481 e. The zero-order valence-electron chi connectivity index (χ0n) is 14.7. The Kier molecular flexibility index (Phi) is 4.30. The number of nitrogens with zero attached hydrogens (tertiary/aromatic N) is 3. The van der Waals surface area contributed by atoms with Crippen molar-refractivity contribution < 1.29 is 9.13 Å². The Hall–Kier alpha value is -4.05. The summed E-state index contributed by atoms with van der Waals surface area (Å²) in [5.41, 5.74) is 1.73. The Labute approximate surface area is 158 Å². The third-order valence-electron chi connectivity index (χ3n) is 4.34. The third kappa shape index (κ3) is 2.97. The van der Waals surface area contributed by atoms with Crippen molar-refractivity contribution >= 4 is 11.0 Å². The molecule has 4 aromatic rings. The molecule has 0 aliphatic rings. The number of H-pyrrole nitrogens is 1. The molecule has 0 spiro atoms. The van der Waals surface area contributed by atoms with E-state index in [4.69, 9.17) is 10.00 Å². The maximum atomic E-state index is 14.9. The summed E-state index contributed by atoms with van der Waals surface area (Å²) in [4.78, 5) is 23.0. The van der Waals surface area contributed by atoms with Crippen LogP contribution in [0, 0.1) is 17.1 Å². The minimum atomic E-state index is -0.669. The van der Waals surface area contributed by atoms with E-state index in [1.54, 1.807) is 42.6 Å². The van der Waals surface area contributed by atoms with Gasteiger partial charge in [-0.1, -0.05) is 6.07 Å². The zero-order chi connectivity index (χ0) is 19.7. The van der Waals surface area contributed by atoms with Crippen molar-refractivity contribution in [1.82, 2.24) is 15.0 Å². The summed E-state index contributed by atoms with van der Waals surface area (Å²) in [6, 6.07) is 14.7. The number of rotatable bonds is 3. The topological polar surface area (TPSA) is 91.7 Å². The molecular weight excluding hydrogens is 359 g/mol. The van der Waals surface area contributed by atoms with Crippen molar-refractivity contribution in [2.45, 2.75) is 0 Å². The van der Waals surface area contributed by atoms with Gasteiger partial charge in [0, 0.05) is 34.8 Å². The number of benzene rings is 1. The van der Waals surface area contributed by atoms with Gasteiger partial charge < -0.3 is 9.72 Å². The van der Waals surface area contributed by atoms with Gasteiger partial charge in [0.2, 0.25) is 11.4 Å². The van der Waals surface area contributed by atoms with E-state index >= 15 is 0 Å². The predicted molar refractivity (Wildman–Crippen MR) is 102 cm³/mol. The van der Waals surface area contributed by atoms with E-state index in [0.29, 0.717) is 33.7 Å². The molecule has 3 heterocycles. The van der Waals surface area contributed by atoms with Gasteiger partial charge in [0.05, 0.1) is 18.4 Å². The summed E-state index contributed by atoms with van der Waals surface area (Å²) in [7, 11) is 1.51. The maximum absolute atomic E-state index is 14.9. The van der Waals surface area contributed by atoms with Gasteiger partial charge in [-0.05, 0) is 35.9 Å². The number of halogens is 1. The molecule has 0 bridgehead atoms. The number of nitriles is 1. The van der Waals surface area contributed by atoms with Gasteiger partial charge in [0.1, 0.15) is 17.5 Å². The van der Waals surface area contributed by atoms with E-state index in [9.17, 15) is 9.18 Å². The second-order valence-electron chi connectivity index (χ2n) is 6.01. The lowest BCUT2D eigenvalue weighted by Crippen LogP contribution is -2.05. The molecule has 0 aliphatic carbocycles. The number of aromatic amines is 1. The minimum absolute atomic E-state index is 0.0841. The second kappa shape index (κ2) is 6.93. The van der Waals surface area contributed by atoms with Gasteiger partial charge in [-0.2, -0.15) is 5.26 Å². The lowest BCUT2D eigenvalue weighted by molar-refractivity contribution is 0.398. The number of fused-ring (bicyclic) bond motifs is 1. The summed E-state index contributed by atoms with van der Waals surface area (Å²) >= 11 is 0.